The number of benzene rings is 1. The summed E-state index contributed by atoms with van der Waals surface area (Å²) in [6.07, 6.45) is 5.88. The number of fused-ring (bicyclic) bond motifs is 3. The molecule has 1 atom stereocenters. The molecule has 0 amide bonds. The summed E-state index contributed by atoms with van der Waals surface area (Å²) in [5, 5.41) is 4.78. The van der Waals surface area contributed by atoms with Gasteiger partial charge in [0, 0.05) is 30.0 Å². The number of pyridine rings is 1. The second-order valence-corrected chi connectivity index (χ2v) is 8.67. The Bertz CT molecular complexity index is 850. The first-order valence-corrected chi connectivity index (χ1v) is 10.7. The molecule has 1 aliphatic heterocycles. The number of rotatable bonds is 6. The number of hydrogen-bond donors (Lipinski definition) is 1. The largest absolute Gasteiger partial charge is 0.493 e. The van der Waals surface area contributed by atoms with Gasteiger partial charge in [0.05, 0.1) is 19.2 Å². The maximum atomic E-state index is 6.22. The van der Waals surface area contributed by atoms with E-state index in [2.05, 4.69) is 43.2 Å². The Kier molecular flexibility index (Phi) is 5.63. The number of nitrogens with one attached hydrogen (secondary N) is 1. The van der Waals surface area contributed by atoms with E-state index in [1.165, 1.54) is 35.8 Å². The number of aryl methyl sites for hydroxylation is 1. The maximum absolute atomic E-state index is 6.22. The highest BCUT2D eigenvalue weighted by Gasteiger charge is 2.23. The average Bonchev–Trinajstić information content (AvgIpc) is 3.10. The lowest BCUT2D eigenvalue weighted by Crippen LogP contribution is -2.18. The molecule has 1 aromatic carbocycles. The first-order chi connectivity index (χ1) is 13.5. The summed E-state index contributed by atoms with van der Waals surface area (Å²) in [5.74, 6) is 3.26. The van der Waals surface area contributed by atoms with Crippen LogP contribution < -0.4 is 14.8 Å². The number of ether oxygens (including phenoxy) is 2. The molecule has 1 saturated heterocycles. The van der Waals surface area contributed by atoms with Gasteiger partial charge < -0.3 is 19.7 Å². The lowest BCUT2D eigenvalue weighted by Gasteiger charge is -2.24. The quantitative estimate of drug-likeness (QED) is 0.807. The molecule has 152 valence electrons. The van der Waals surface area contributed by atoms with E-state index >= 15 is 0 Å². The highest BCUT2D eigenvalue weighted by molar-refractivity contribution is 5.89. The van der Waals surface area contributed by atoms with Gasteiger partial charge in [-0.05, 0) is 76.7 Å². The fraction of sp³-hybridized carbons (Fsp3) is 0.609. The van der Waals surface area contributed by atoms with E-state index in [-0.39, 0.29) is 0 Å². The van der Waals surface area contributed by atoms with E-state index in [0.29, 0.717) is 12.0 Å². The minimum Gasteiger partial charge on any atom is -0.493 e. The molecule has 2 aromatic rings. The van der Waals surface area contributed by atoms with E-state index in [0.717, 1.165) is 55.4 Å². The van der Waals surface area contributed by atoms with Crippen molar-refractivity contribution in [3.05, 3.63) is 23.3 Å². The number of nitrogens with zero attached hydrogens (tertiary/aromatic N) is 2. The van der Waals surface area contributed by atoms with Crippen molar-refractivity contribution in [3.8, 4) is 11.5 Å². The fourth-order valence-electron chi connectivity index (χ4n) is 4.57. The monoisotopic (exact) mass is 383 g/mol. The van der Waals surface area contributed by atoms with Gasteiger partial charge in [-0.15, -0.1) is 0 Å². The first-order valence-electron chi connectivity index (χ1n) is 10.7. The van der Waals surface area contributed by atoms with Gasteiger partial charge in [0.2, 0.25) is 0 Å². The predicted molar refractivity (Wildman–Crippen MR) is 115 cm³/mol. The molecule has 5 nitrogen and oxygen atoms in total. The molecule has 1 N–H and O–H groups in total. The van der Waals surface area contributed by atoms with Crippen LogP contribution >= 0.6 is 0 Å². The lowest BCUT2D eigenvalue weighted by atomic mass is 9.89. The topological polar surface area (TPSA) is 46.6 Å². The molecule has 4 rings (SSSR count). The Morgan fingerprint density at radius 2 is 1.96 bits per heavy atom. The van der Waals surface area contributed by atoms with Gasteiger partial charge in [-0.25, -0.2) is 4.98 Å². The Morgan fingerprint density at radius 1 is 1.18 bits per heavy atom. The van der Waals surface area contributed by atoms with Crippen molar-refractivity contribution < 1.29 is 9.47 Å². The highest BCUT2D eigenvalue weighted by Crippen LogP contribution is 2.39. The Hall–Kier alpha value is -2.01. The molecule has 5 heteroatoms. The zero-order valence-electron chi connectivity index (χ0n) is 17.7. The summed E-state index contributed by atoms with van der Waals surface area (Å²) in [4.78, 5) is 7.37. The molecule has 1 unspecified atom stereocenters. The summed E-state index contributed by atoms with van der Waals surface area (Å²) < 4.78 is 11.9. The van der Waals surface area contributed by atoms with Crippen LogP contribution in [0.3, 0.4) is 0 Å². The van der Waals surface area contributed by atoms with Crippen LogP contribution in [0.4, 0.5) is 5.82 Å². The second kappa shape index (κ2) is 8.16. The summed E-state index contributed by atoms with van der Waals surface area (Å²) in [5.41, 5.74) is 3.82. The standard InChI is InChI=1S/C23H33N3O2/c1-15(2)24-23-18-8-6-5-7-17(18)19-11-21(27-4)22(12-20(19)25-23)28-14-16-9-10-26(3)13-16/h11-12,15-16H,5-10,13-14H2,1-4H3,(H,24,25). The summed E-state index contributed by atoms with van der Waals surface area (Å²) in [6, 6.07) is 4.58. The third kappa shape index (κ3) is 3.90. The van der Waals surface area contributed by atoms with Gasteiger partial charge in [-0.3, -0.25) is 0 Å². The molecular weight excluding hydrogens is 350 g/mol. The van der Waals surface area contributed by atoms with E-state index in [1.54, 1.807) is 7.11 Å². The van der Waals surface area contributed by atoms with Crippen LogP contribution in [0, 0.1) is 5.92 Å². The predicted octanol–water partition coefficient (Wildman–Crippen LogP) is 4.27. The van der Waals surface area contributed by atoms with Crippen molar-refractivity contribution >= 4 is 16.7 Å². The molecule has 0 radical (unpaired) electrons. The Balaban J connectivity index is 1.70. The summed E-state index contributed by atoms with van der Waals surface area (Å²) in [6.45, 7) is 7.32. The van der Waals surface area contributed by atoms with Crippen LogP contribution in [0.2, 0.25) is 0 Å². The van der Waals surface area contributed by atoms with Gasteiger partial charge in [0.15, 0.2) is 11.5 Å². The SMILES string of the molecule is COc1cc2c3c(c(NC(C)C)nc2cc1OCC1CCN(C)C1)CCCC3. The molecule has 1 aliphatic carbocycles. The molecular formula is C23H33N3O2. The van der Waals surface area contributed by atoms with Gasteiger partial charge in [0.1, 0.15) is 5.82 Å². The van der Waals surface area contributed by atoms with Gasteiger partial charge >= 0.3 is 0 Å². The molecule has 2 aliphatic rings. The zero-order valence-corrected chi connectivity index (χ0v) is 17.7. The summed E-state index contributed by atoms with van der Waals surface area (Å²) in [7, 11) is 3.90. The molecule has 28 heavy (non-hydrogen) atoms. The molecule has 0 bridgehead atoms. The smallest absolute Gasteiger partial charge is 0.163 e. The van der Waals surface area contributed by atoms with Crippen molar-refractivity contribution in [3.63, 3.8) is 0 Å². The Morgan fingerprint density at radius 3 is 2.64 bits per heavy atom. The van der Waals surface area contributed by atoms with E-state index < -0.39 is 0 Å². The van der Waals surface area contributed by atoms with E-state index in [1.807, 2.05) is 0 Å². The van der Waals surface area contributed by atoms with Gasteiger partial charge in [-0.1, -0.05) is 0 Å². The van der Waals surface area contributed by atoms with E-state index in [9.17, 15) is 0 Å². The third-order valence-electron chi connectivity index (χ3n) is 5.98. The number of aromatic nitrogens is 1. The fourth-order valence-corrected chi connectivity index (χ4v) is 4.57. The van der Waals surface area contributed by atoms with Crippen LogP contribution in [0.1, 0.15) is 44.2 Å². The van der Waals surface area contributed by atoms with Crippen LogP contribution in [0.25, 0.3) is 10.9 Å². The second-order valence-electron chi connectivity index (χ2n) is 8.67. The molecule has 0 saturated carbocycles. The van der Waals surface area contributed by atoms with Crippen LogP contribution in [0.5, 0.6) is 11.5 Å². The van der Waals surface area contributed by atoms with Crippen molar-refractivity contribution in [2.45, 2.75) is 52.0 Å². The third-order valence-corrected chi connectivity index (χ3v) is 5.98. The van der Waals surface area contributed by atoms with Crippen molar-refractivity contribution in [1.29, 1.82) is 0 Å². The molecule has 1 aromatic heterocycles. The van der Waals surface area contributed by atoms with Gasteiger partial charge in [0.25, 0.3) is 0 Å². The zero-order chi connectivity index (χ0) is 19.7. The Labute approximate surface area is 168 Å². The van der Waals surface area contributed by atoms with Crippen LogP contribution in [0.15, 0.2) is 12.1 Å². The summed E-state index contributed by atoms with van der Waals surface area (Å²) >= 11 is 0. The van der Waals surface area contributed by atoms with Crippen molar-refractivity contribution in [2.24, 2.45) is 5.92 Å². The van der Waals surface area contributed by atoms with Crippen LogP contribution in [-0.2, 0) is 12.8 Å². The number of hydrogen-bond acceptors (Lipinski definition) is 5. The molecule has 2 heterocycles. The van der Waals surface area contributed by atoms with Crippen molar-refractivity contribution in [1.82, 2.24) is 9.88 Å². The van der Waals surface area contributed by atoms with Crippen LogP contribution in [-0.4, -0.2) is 49.8 Å². The molecule has 0 spiro atoms. The van der Waals surface area contributed by atoms with Gasteiger partial charge in [-0.2, -0.15) is 0 Å². The molecule has 1 fully saturated rings. The maximum Gasteiger partial charge on any atom is 0.163 e. The minimum absolute atomic E-state index is 0.365. The normalized spacial score (nSPS) is 19.8. The average molecular weight is 384 g/mol. The first kappa shape index (κ1) is 19.3. The van der Waals surface area contributed by atoms with Crippen molar-refractivity contribution in [2.75, 3.05) is 39.2 Å². The number of methoxy groups -OCH3 is 1. The van der Waals surface area contributed by atoms with E-state index in [4.69, 9.17) is 14.5 Å². The number of anilines is 1. The lowest BCUT2D eigenvalue weighted by molar-refractivity contribution is 0.239. The minimum atomic E-state index is 0.365. The highest BCUT2D eigenvalue weighted by atomic mass is 16.5. The number of likely N-dealkylation sites (tertiary alicyclic amines) is 1.